The smallest absolute Gasteiger partial charge is 0.322 e. The fraction of sp³-hybridized carbons (Fsp3) is 0.526. The summed E-state index contributed by atoms with van der Waals surface area (Å²) < 4.78 is -0.607. The van der Waals surface area contributed by atoms with Crippen molar-refractivity contribution in [2.45, 2.75) is 55.8 Å². The van der Waals surface area contributed by atoms with E-state index >= 15 is 0 Å². The average Bonchev–Trinajstić information content (AvgIpc) is 2.93. The minimum atomic E-state index is -0.974. The Labute approximate surface area is 163 Å². The van der Waals surface area contributed by atoms with Gasteiger partial charge in [-0.1, -0.05) is 37.3 Å². The number of amides is 2. The van der Waals surface area contributed by atoms with Crippen LogP contribution in [-0.4, -0.2) is 51.6 Å². The fourth-order valence-electron chi connectivity index (χ4n) is 2.97. The average molecular weight is 394 g/mol. The lowest BCUT2D eigenvalue weighted by Gasteiger charge is -2.24. The number of hydrogen-bond acceptors (Lipinski definition) is 5. The van der Waals surface area contributed by atoms with Crippen LogP contribution < -0.4 is 16.0 Å². The van der Waals surface area contributed by atoms with E-state index in [1.165, 1.54) is 11.8 Å². The van der Waals surface area contributed by atoms with Crippen LogP contribution in [0.15, 0.2) is 30.3 Å². The Kier molecular flexibility index (Phi) is 7.26. The molecule has 1 aliphatic rings. The minimum Gasteiger partial charge on any atom is -0.480 e. The summed E-state index contributed by atoms with van der Waals surface area (Å²) in [4.78, 5) is 36.7. The summed E-state index contributed by atoms with van der Waals surface area (Å²) in [6.07, 6.45) is 0.923. The first-order valence-corrected chi connectivity index (χ1v) is 9.90. The molecule has 0 spiro atoms. The van der Waals surface area contributed by atoms with Crippen molar-refractivity contribution in [1.82, 2.24) is 16.0 Å². The van der Waals surface area contributed by atoms with E-state index in [-0.39, 0.29) is 18.2 Å². The summed E-state index contributed by atoms with van der Waals surface area (Å²) >= 11 is 1.35. The molecule has 1 saturated heterocycles. The minimum absolute atomic E-state index is 0.154. The highest BCUT2D eigenvalue weighted by Crippen LogP contribution is 2.39. The molecule has 0 aliphatic carbocycles. The number of carboxylic acid groups (broad SMARTS) is 1. The zero-order valence-corrected chi connectivity index (χ0v) is 16.6. The van der Waals surface area contributed by atoms with E-state index in [9.17, 15) is 19.5 Å². The summed E-state index contributed by atoms with van der Waals surface area (Å²) in [5, 5.41) is 17.5. The van der Waals surface area contributed by atoms with E-state index in [4.69, 9.17) is 0 Å². The zero-order valence-electron chi connectivity index (χ0n) is 15.8. The lowest BCUT2D eigenvalue weighted by atomic mass is 10.0. The number of aliphatic carboxylic acids is 1. The first-order chi connectivity index (χ1) is 12.7. The van der Waals surface area contributed by atoms with E-state index in [1.807, 2.05) is 51.1 Å². The number of rotatable bonds is 8. The second-order valence-corrected chi connectivity index (χ2v) is 8.87. The third-order valence-corrected chi connectivity index (χ3v) is 5.87. The van der Waals surface area contributed by atoms with Crippen LogP contribution in [0.4, 0.5) is 0 Å². The van der Waals surface area contributed by atoms with Gasteiger partial charge in [-0.3, -0.25) is 19.7 Å². The molecule has 8 heteroatoms. The second kappa shape index (κ2) is 9.23. The normalized spacial score (nSPS) is 22.0. The van der Waals surface area contributed by atoms with E-state index in [0.29, 0.717) is 6.54 Å². The molecule has 7 nitrogen and oxygen atoms in total. The first kappa shape index (κ1) is 21.2. The predicted octanol–water partition coefficient (Wildman–Crippen LogP) is 1.13. The molecule has 27 heavy (non-hydrogen) atoms. The SMILES string of the molecule is CCCNC(=O)[C@H](NC(=O)Cc1ccccc1)[C@@H]1N[C@@H](C(=O)O)C(C)(C)S1. The van der Waals surface area contributed by atoms with Gasteiger partial charge in [0.05, 0.1) is 11.8 Å². The van der Waals surface area contributed by atoms with Gasteiger partial charge in [0.1, 0.15) is 12.1 Å². The maximum atomic E-state index is 12.6. The summed E-state index contributed by atoms with van der Waals surface area (Å²) in [6.45, 7) is 6.06. The lowest BCUT2D eigenvalue weighted by Crippen LogP contribution is -2.57. The summed E-state index contributed by atoms with van der Waals surface area (Å²) in [7, 11) is 0. The van der Waals surface area contributed by atoms with Gasteiger partial charge >= 0.3 is 5.97 Å². The van der Waals surface area contributed by atoms with E-state index in [0.717, 1.165) is 12.0 Å². The number of carboxylic acids is 1. The Bertz CT molecular complexity index is 681. The van der Waals surface area contributed by atoms with Gasteiger partial charge in [0.2, 0.25) is 11.8 Å². The van der Waals surface area contributed by atoms with Gasteiger partial charge < -0.3 is 15.7 Å². The molecule has 1 heterocycles. The highest BCUT2D eigenvalue weighted by Gasteiger charge is 2.49. The largest absolute Gasteiger partial charge is 0.480 e. The Morgan fingerprint density at radius 2 is 1.93 bits per heavy atom. The van der Waals surface area contributed by atoms with Gasteiger partial charge in [-0.05, 0) is 25.8 Å². The standard InChI is InChI=1S/C19H27N3O4S/c1-4-10-20-16(24)14(17-22-15(18(25)26)19(2,3)27-17)21-13(23)11-12-8-6-5-7-9-12/h5-9,14-15,17,22H,4,10-11H2,1-3H3,(H,20,24)(H,21,23)(H,25,26)/t14-,15-,17+/m0/s1. The van der Waals surface area contributed by atoms with Crippen LogP contribution in [-0.2, 0) is 20.8 Å². The van der Waals surface area contributed by atoms with Crippen LogP contribution in [0.25, 0.3) is 0 Å². The van der Waals surface area contributed by atoms with Crippen molar-refractivity contribution in [2.75, 3.05) is 6.54 Å². The third kappa shape index (κ3) is 5.71. The van der Waals surface area contributed by atoms with Crippen molar-refractivity contribution >= 4 is 29.5 Å². The molecule has 1 fully saturated rings. The Morgan fingerprint density at radius 3 is 2.48 bits per heavy atom. The van der Waals surface area contributed by atoms with Gasteiger partial charge in [-0.25, -0.2) is 0 Å². The molecule has 0 bridgehead atoms. The number of carbonyl (C=O) groups is 3. The second-order valence-electron chi connectivity index (χ2n) is 7.08. The monoisotopic (exact) mass is 393 g/mol. The number of benzene rings is 1. The molecule has 0 radical (unpaired) electrons. The molecule has 0 unspecified atom stereocenters. The zero-order chi connectivity index (χ0) is 20.0. The summed E-state index contributed by atoms with van der Waals surface area (Å²) in [5.74, 6) is -1.57. The highest BCUT2D eigenvalue weighted by molar-refractivity contribution is 8.01. The van der Waals surface area contributed by atoms with Crippen molar-refractivity contribution in [3.8, 4) is 0 Å². The first-order valence-electron chi connectivity index (χ1n) is 9.02. The molecule has 148 valence electrons. The van der Waals surface area contributed by atoms with Crippen molar-refractivity contribution in [3.63, 3.8) is 0 Å². The van der Waals surface area contributed by atoms with Crippen LogP contribution >= 0.6 is 11.8 Å². The molecule has 1 aromatic carbocycles. The summed E-state index contributed by atoms with van der Waals surface area (Å²) in [5.41, 5.74) is 0.846. The van der Waals surface area contributed by atoms with Gasteiger partial charge in [-0.2, -0.15) is 0 Å². The lowest BCUT2D eigenvalue weighted by molar-refractivity contribution is -0.140. The summed E-state index contributed by atoms with van der Waals surface area (Å²) in [6, 6.07) is 7.59. The Balaban J connectivity index is 2.13. The number of thioether (sulfide) groups is 1. The molecule has 0 saturated carbocycles. The van der Waals surface area contributed by atoms with Crippen LogP contribution in [0.2, 0.25) is 0 Å². The van der Waals surface area contributed by atoms with E-state index < -0.39 is 28.2 Å². The molecule has 1 aromatic rings. The quantitative estimate of drug-likeness (QED) is 0.528. The molecular formula is C19H27N3O4S. The molecule has 2 rings (SSSR count). The molecule has 1 aliphatic heterocycles. The van der Waals surface area contributed by atoms with E-state index in [2.05, 4.69) is 16.0 Å². The van der Waals surface area contributed by atoms with Crippen molar-refractivity contribution in [1.29, 1.82) is 0 Å². The van der Waals surface area contributed by atoms with Crippen LogP contribution in [0, 0.1) is 0 Å². The fourth-order valence-corrected chi connectivity index (χ4v) is 4.46. The van der Waals surface area contributed by atoms with Gasteiger partial charge in [0.15, 0.2) is 0 Å². The predicted molar refractivity (Wildman–Crippen MR) is 105 cm³/mol. The molecule has 4 N–H and O–H groups in total. The highest BCUT2D eigenvalue weighted by atomic mass is 32.2. The Morgan fingerprint density at radius 1 is 1.26 bits per heavy atom. The Hall–Kier alpha value is -2.06. The van der Waals surface area contributed by atoms with E-state index in [1.54, 1.807) is 0 Å². The van der Waals surface area contributed by atoms with Crippen LogP contribution in [0.3, 0.4) is 0 Å². The molecular weight excluding hydrogens is 366 g/mol. The van der Waals surface area contributed by atoms with Gasteiger partial charge in [-0.15, -0.1) is 11.8 Å². The maximum Gasteiger partial charge on any atom is 0.322 e. The number of carbonyl (C=O) groups excluding carboxylic acids is 2. The van der Waals surface area contributed by atoms with Crippen LogP contribution in [0.5, 0.6) is 0 Å². The molecule has 2 amide bonds. The van der Waals surface area contributed by atoms with Crippen molar-refractivity contribution in [3.05, 3.63) is 35.9 Å². The van der Waals surface area contributed by atoms with Gasteiger partial charge in [0.25, 0.3) is 0 Å². The van der Waals surface area contributed by atoms with Crippen molar-refractivity contribution in [2.24, 2.45) is 0 Å². The number of nitrogens with one attached hydrogen (secondary N) is 3. The van der Waals surface area contributed by atoms with Crippen molar-refractivity contribution < 1.29 is 19.5 Å². The molecule has 0 aromatic heterocycles. The molecule has 3 atom stereocenters. The maximum absolute atomic E-state index is 12.6. The topological polar surface area (TPSA) is 108 Å². The van der Waals surface area contributed by atoms with Crippen LogP contribution in [0.1, 0.15) is 32.8 Å². The van der Waals surface area contributed by atoms with Gasteiger partial charge in [0, 0.05) is 11.3 Å². The third-order valence-electron chi connectivity index (χ3n) is 4.36. The number of hydrogen-bond donors (Lipinski definition) is 4.